The van der Waals surface area contributed by atoms with Gasteiger partial charge in [0.25, 0.3) is 0 Å². The van der Waals surface area contributed by atoms with Crippen molar-refractivity contribution in [3.63, 3.8) is 0 Å². The molecule has 3 fully saturated rings. The fourth-order valence-corrected chi connectivity index (χ4v) is 6.74. The topological polar surface area (TPSA) is 51.0 Å². The molecule has 1 N–H and O–H groups in total. The van der Waals surface area contributed by atoms with Crippen molar-refractivity contribution < 1.29 is 14.6 Å². The molecule has 4 rings (SSSR count). The van der Waals surface area contributed by atoms with Gasteiger partial charge in [0.15, 0.2) is 0 Å². The van der Waals surface area contributed by atoms with Gasteiger partial charge in [-0.3, -0.25) is 4.99 Å². The largest absolute Gasteiger partial charge is 0.387 e. The van der Waals surface area contributed by atoms with Crippen molar-refractivity contribution in [3.8, 4) is 0 Å². The smallest absolute Gasteiger partial charge is 0.0978 e. The summed E-state index contributed by atoms with van der Waals surface area (Å²) in [6.45, 7) is 9.10. The van der Waals surface area contributed by atoms with E-state index in [-0.39, 0.29) is 12.2 Å². The lowest BCUT2D eigenvalue weighted by atomic mass is 9.65. The number of hydrogen-bond donors (Lipinski definition) is 1. The molecule has 0 aromatic rings. The van der Waals surface area contributed by atoms with E-state index in [1.54, 1.807) is 0 Å². The van der Waals surface area contributed by atoms with Crippen LogP contribution in [0.2, 0.25) is 0 Å². The monoisotopic (exact) mass is 419 g/mol. The van der Waals surface area contributed by atoms with Gasteiger partial charge in [0.05, 0.1) is 30.1 Å². The Morgan fingerprint density at radius 1 is 0.967 bits per heavy atom. The first-order chi connectivity index (χ1) is 14.5. The molecule has 8 unspecified atom stereocenters. The Labute approximate surface area is 184 Å². The first kappa shape index (κ1) is 22.7. The summed E-state index contributed by atoms with van der Waals surface area (Å²) >= 11 is 0. The van der Waals surface area contributed by atoms with Gasteiger partial charge >= 0.3 is 0 Å². The first-order valence-corrected chi connectivity index (χ1v) is 13.0. The summed E-state index contributed by atoms with van der Waals surface area (Å²) in [6.07, 6.45) is 13.4. The van der Waals surface area contributed by atoms with Gasteiger partial charge in [0.1, 0.15) is 0 Å². The van der Waals surface area contributed by atoms with Crippen LogP contribution in [0.3, 0.4) is 0 Å². The maximum Gasteiger partial charge on any atom is 0.0978 e. The molecule has 2 aliphatic heterocycles. The zero-order valence-corrected chi connectivity index (χ0v) is 19.6. The highest BCUT2D eigenvalue weighted by atomic mass is 16.5. The first-order valence-electron chi connectivity index (χ1n) is 13.0. The second-order valence-electron chi connectivity index (χ2n) is 11.0. The van der Waals surface area contributed by atoms with Crippen LogP contribution in [0, 0.1) is 29.6 Å². The number of rotatable bonds is 6. The van der Waals surface area contributed by atoms with Crippen LogP contribution in [-0.2, 0) is 9.47 Å². The van der Waals surface area contributed by atoms with Crippen LogP contribution in [-0.4, -0.2) is 48.4 Å². The molecule has 4 heteroatoms. The van der Waals surface area contributed by atoms with Gasteiger partial charge in [-0.1, -0.05) is 40.0 Å². The van der Waals surface area contributed by atoms with E-state index in [4.69, 9.17) is 14.5 Å². The van der Waals surface area contributed by atoms with E-state index in [9.17, 15) is 5.11 Å². The van der Waals surface area contributed by atoms with Gasteiger partial charge in [-0.25, -0.2) is 0 Å². The highest BCUT2D eigenvalue weighted by Gasteiger charge is 2.41. The van der Waals surface area contributed by atoms with Crippen LogP contribution in [0.4, 0.5) is 0 Å². The van der Waals surface area contributed by atoms with E-state index in [0.29, 0.717) is 35.8 Å². The number of aliphatic hydroxyl groups excluding tert-OH is 1. The molecular weight excluding hydrogens is 374 g/mol. The van der Waals surface area contributed by atoms with E-state index >= 15 is 0 Å². The van der Waals surface area contributed by atoms with Gasteiger partial charge in [0, 0.05) is 13.2 Å². The minimum Gasteiger partial charge on any atom is -0.387 e. The predicted octanol–water partition coefficient (Wildman–Crippen LogP) is 5.41. The summed E-state index contributed by atoms with van der Waals surface area (Å²) in [4.78, 5) is 5.06. The molecule has 0 bridgehead atoms. The van der Waals surface area contributed by atoms with E-state index in [1.165, 1.54) is 38.5 Å². The fourth-order valence-electron chi connectivity index (χ4n) is 6.74. The quantitative estimate of drug-likeness (QED) is 0.626. The standard InChI is InChI=1S/C26H45NO3/c1-17-14-25(30-16-20-8-5-4-6-9-20)19(3)18(2)22(17)15-21-11-12-23(28)26(27-21)24-10-7-13-29-24/h17-25,28H,4-16H2,1-3H3. The van der Waals surface area contributed by atoms with Crippen LogP contribution in [0.1, 0.15) is 91.4 Å². The fraction of sp³-hybridized carbons (Fsp3) is 0.962. The molecule has 4 aliphatic rings. The van der Waals surface area contributed by atoms with E-state index < -0.39 is 0 Å². The third-order valence-electron chi connectivity index (χ3n) is 8.95. The van der Waals surface area contributed by atoms with E-state index in [2.05, 4.69) is 20.8 Å². The van der Waals surface area contributed by atoms with Crippen molar-refractivity contribution in [3.05, 3.63) is 0 Å². The second-order valence-corrected chi connectivity index (χ2v) is 11.0. The molecule has 0 aromatic heterocycles. The maximum absolute atomic E-state index is 10.5. The molecule has 4 nitrogen and oxygen atoms in total. The van der Waals surface area contributed by atoms with Gasteiger partial charge in [0.2, 0.25) is 0 Å². The minimum atomic E-state index is -0.387. The molecule has 2 saturated carbocycles. The second kappa shape index (κ2) is 10.4. The van der Waals surface area contributed by atoms with Crippen LogP contribution in [0.25, 0.3) is 0 Å². The average molecular weight is 420 g/mol. The zero-order valence-electron chi connectivity index (χ0n) is 19.6. The number of hydrogen-bond acceptors (Lipinski definition) is 4. The number of aliphatic hydroxyl groups is 1. The SMILES string of the molecule is CC1CC(OCC2CCCCC2)C(C)C(C)C1CC1CCC(O)C(C2CCCO2)=N1. The highest BCUT2D eigenvalue weighted by Crippen LogP contribution is 2.43. The summed E-state index contributed by atoms with van der Waals surface area (Å²) < 4.78 is 12.4. The van der Waals surface area contributed by atoms with Gasteiger partial charge in [-0.2, -0.15) is 0 Å². The normalized spacial score (nSPS) is 43.5. The van der Waals surface area contributed by atoms with Gasteiger partial charge in [-0.15, -0.1) is 0 Å². The summed E-state index contributed by atoms with van der Waals surface area (Å²) in [6, 6.07) is 0.356. The number of ether oxygens (including phenoxy) is 2. The van der Waals surface area contributed by atoms with Gasteiger partial charge < -0.3 is 14.6 Å². The van der Waals surface area contributed by atoms with Crippen molar-refractivity contribution in [2.45, 2.75) is 116 Å². The average Bonchev–Trinajstić information content (AvgIpc) is 3.29. The molecule has 2 aliphatic carbocycles. The van der Waals surface area contributed by atoms with Crippen molar-refractivity contribution >= 4 is 5.71 Å². The minimum absolute atomic E-state index is 0.0699. The van der Waals surface area contributed by atoms with Crippen molar-refractivity contribution in [2.75, 3.05) is 13.2 Å². The molecule has 2 heterocycles. The molecule has 0 amide bonds. The summed E-state index contributed by atoms with van der Waals surface area (Å²) in [5.41, 5.74) is 0.946. The number of aliphatic imine (C=N–C) groups is 1. The van der Waals surface area contributed by atoms with Crippen LogP contribution in [0.15, 0.2) is 4.99 Å². The molecule has 172 valence electrons. The molecule has 0 spiro atoms. The Bertz CT molecular complexity index is 567. The summed E-state index contributed by atoms with van der Waals surface area (Å²) in [5.74, 6) is 3.46. The van der Waals surface area contributed by atoms with Crippen LogP contribution in [0.5, 0.6) is 0 Å². The molecule has 8 atom stereocenters. The third-order valence-corrected chi connectivity index (χ3v) is 8.95. The van der Waals surface area contributed by atoms with Crippen molar-refractivity contribution in [1.29, 1.82) is 0 Å². The Hall–Kier alpha value is -0.450. The molecule has 0 radical (unpaired) electrons. The molecule has 0 aromatic carbocycles. The molecular formula is C26H45NO3. The van der Waals surface area contributed by atoms with Crippen molar-refractivity contribution in [2.24, 2.45) is 34.6 Å². The van der Waals surface area contributed by atoms with E-state index in [1.807, 2.05) is 0 Å². The Kier molecular flexibility index (Phi) is 7.91. The van der Waals surface area contributed by atoms with Crippen LogP contribution >= 0.6 is 0 Å². The lowest BCUT2D eigenvalue weighted by molar-refractivity contribution is -0.0766. The maximum atomic E-state index is 10.5. The lowest BCUT2D eigenvalue weighted by Gasteiger charge is -2.45. The van der Waals surface area contributed by atoms with E-state index in [0.717, 1.165) is 56.9 Å². The predicted molar refractivity (Wildman–Crippen MR) is 122 cm³/mol. The van der Waals surface area contributed by atoms with Crippen LogP contribution < -0.4 is 0 Å². The summed E-state index contributed by atoms with van der Waals surface area (Å²) in [7, 11) is 0. The molecule has 1 saturated heterocycles. The molecule has 30 heavy (non-hydrogen) atoms. The highest BCUT2D eigenvalue weighted by molar-refractivity contribution is 5.93. The Balaban J connectivity index is 1.33. The van der Waals surface area contributed by atoms with Gasteiger partial charge in [-0.05, 0) is 81.0 Å². The lowest BCUT2D eigenvalue weighted by Crippen LogP contribution is -2.44. The van der Waals surface area contributed by atoms with Crippen molar-refractivity contribution in [1.82, 2.24) is 0 Å². The number of nitrogens with zero attached hydrogens (tertiary/aromatic N) is 1. The third kappa shape index (κ3) is 5.30. The Morgan fingerprint density at radius 2 is 1.77 bits per heavy atom. The zero-order chi connectivity index (χ0) is 21.1. The summed E-state index contributed by atoms with van der Waals surface area (Å²) in [5, 5.41) is 10.5. The Morgan fingerprint density at radius 3 is 2.50 bits per heavy atom.